The number of hydrogen-bond acceptors (Lipinski definition) is 4. The average molecular weight is 540 g/mol. The van der Waals surface area contributed by atoms with Gasteiger partial charge in [-0.2, -0.15) is 0 Å². The summed E-state index contributed by atoms with van der Waals surface area (Å²) in [5.41, 5.74) is 1.46. The summed E-state index contributed by atoms with van der Waals surface area (Å²) in [5.74, 6) is -3.71. The molecule has 2 fully saturated rings. The van der Waals surface area contributed by atoms with Gasteiger partial charge in [0.2, 0.25) is 11.8 Å². The summed E-state index contributed by atoms with van der Waals surface area (Å²) in [5, 5.41) is 0. The third-order valence-electron chi connectivity index (χ3n) is 8.50. The number of alkyl halides is 2. The van der Waals surface area contributed by atoms with Gasteiger partial charge < -0.3 is 14.5 Å². The van der Waals surface area contributed by atoms with Crippen LogP contribution in [-0.2, 0) is 20.7 Å². The monoisotopic (exact) mass is 539 g/mol. The second-order valence-electron chi connectivity index (χ2n) is 11.0. The Hall–Kier alpha value is -3.49. The first kappa shape index (κ1) is 27.1. The van der Waals surface area contributed by atoms with Crippen molar-refractivity contribution in [2.75, 3.05) is 36.5 Å². The van der Waals surface area contributed by atoms with Crippen LogP contribution in [0.1, 0.15) is 50.5 Å². The molecule has 0 spiro atoms. The molecule has 208 valence electrons. The van der Waals surface area contributed by atoms with Crippen molar-refractivity contribution in [2.45, 2.75) is 63.3 Å². The highest BCUT2D eigenvalue weighted by Gasteiger charge is 2.48. The Balaban J connectivity index is 1.34. The number of halogens is 2. The minimum Gasteiger partial charge on any atom is -0.469 e. The topological polar surface area (TPSA) is 70.2 Å². The number of piperidine rings is 1. The predicted octanol–water partition coefficient (Wildman–Crippen LogP) is 5.43. The van der Waals surface area contributed by atoms with Crippen LogP contribution in [0.5, 0.6) is 0 Å². The van der Waals surface area contributed by atoms with Crippen LogP contribution in [0.4, 0.5) is 25.0 Å². The fraction of sp³-hybridized carbons (Fsp3) is 0.500. The van der Waals surface area contributed by atoms with E-state index in [0.717, 1.165) is 17.7 Å². The molecule has 1 saturated carbocycles. The Morgan fingerprint density at radius 2 is 1.67 bits per heavy atom. The zero-order valence-electron chi connectivity index (χ0n) is 22.3. The van der Waals surface area contributed by atoms with Gasteiger partial charge in [-0.05, 0) is 55.9 Å². The quantitative estimate of drug-likeness (QED) is 0.476. The first-order chi connectivity index (χ1) is 18.7. The predicted molar refractivity (Wildman–Crippen MR) is 144 cm³/mol. The number of fused-ring (bicyclic) bond motifs is 1. The second kappa shape index (κ2) is 10.9. The standard InChI is InChI=1S/C30H35F2N3O4/c1-39-27(37)29(15-18-33(19-16-29)28(38)34-17-13-22-8-5-6-12-25(22)34)21-26(36)35(23-9-3-2-4-10-23)24-11-7-14-30(31,32)20-24/h2-6,8-10,12,24H,7,11,13-21H2,1H3/t24-/m1/s1. The summed E-state index contributed by atoms with van der Waals surface area (Å²) in [6.45, 7) is 1.20. The lowest BCUT2D eigenvalue weighted by atomic mass is 9.75. The number of methoxy groups -OCH3 is 1. The van der Waals surface area contributed by atoms with Gasteiger partial charge in [0.15, 0.2) is 0 Å². The van der Waals surface area contributed by atoms with Crippen LogP contribution in [0.2, 0.25) is 0 Å². The van der Waals surface area contributed by atoms with Gasteiger partial charge in [-0.3, -0.25) is 14.5 Å². The van der Waals surface area contributed by atoms with E-state index in [1.807, 2.05) is 30.3 Å². The Bertz CT molecular complexity index is 1210. The molecule has 0 radical (unpaired) electrons. The van der Waals surface area contributed by atoms with Gasteiger partial charge in [0.1, 0.15) is 0 Å². The van der Waals surface area contributed by atoms with Gasteiger partial charge in [-0.15, -0.1) is 0 Å². The van der Waals surface area contributed by atoms with Gasteiger partial charge >= 0.3 is 12.0 Å². The number of amides is 3. The summed E-state index contributed by atoms with van der Waals surface area (Å²) >= 11 is 0. The van der Waals surface area contributed by atoms with E-state index in [0.29, 0.717) is 38.2 Å². The molecule has 5 rings (SSSR count). The molecular formula is C30H35F2N3O4. The Morgan fingerprint density at radius 1 is 0.974 bits per heavy atom. The number of carbonyl (C=O) groups excluding carboxylic acids is 3. The van der Waals surface area contributed by atoms with E-state index in [-0.39, 0.29) is 37.6 Å². The number of urea groups is 1. The molecule has 7 nitrogen and oxygen atoms in total. The highest BCUT2D eigenvalue weighted by Crippen LogP contribution is 2.41. The second-order valence-corrected chi connectivity index (χ2v) is 11.0. The fourth-order valence-electron chi connectivity index (χ4n) is 6.39. The molecule has 0 N–H and O–H groups in total. The summed E-state index contributed by atoms with van der Waals surface area (Å²) in [4.78, 5) is 45.4. The number of likely N-dealkylation sites (tertiary alicyclic amines) is 1. The molecule has 0 unspecified atom stereocenters. The van der Waals surface area contributed by atoms with E-state index in [2.05, 4.69) is 0 Å². The number of esters is 1. The summed E-state index contributed by atoms with van der Waals surface area (Å²) < 4.78 is 34.0. The van der Waals surface area contributed by atoms with Crippen molar-refractivity contribution in [2.24, 2.45) is 5.41 Å². The molecule has 2 heterocycles. The van der Waals surface area contributed by atoms with Gasteiger partial charge in [-0.25, -0.2) is 13.6 Å². The number of benzene rings is 2. The van der Waals surface area contributed by atoms with E-state index < -0.39 is 29.8 Å². The highest BCUT2D eigenvalue weighted by molar-refractivity contribution is 5.98. The number of carbonyl (C=O) groups is 3. The van der Waals surface area contributed by atoms with Crippen LogP contribution < -0.4 is 9.80 Å². The van der Waals surface area contributed by atoms with Gasteiger partial charge in [0.25, 0.3) is 0 Å². The maximum Gasteiger partial charge on any atom is 0.324 e. The highest BCUT2D eigenvalue weighted by atomic mass is 19.3. The first-order valence-electron chi connectivity index (χ1n) is 13.7. The SMILES string of the molecule is COC(=O)C1(CC(=O)N(c2ccccc2)[C@@H]2CCCC(F)(F)C2)CCN(C(=O)N2CCc3ccccc32)CC1. The van der Waals surface area contributed by atoms with Crippen LogP contribution in [0.3, 0.4) is 0 Å². The minimum atomic E-state index is -2.84. The molecule has 9 heteroatoms. The smallest absolute Gasteiger partial charge is 0.324 e. The molecule has 0 aromatic heterocycles. The van der Waals surface area contributed by atoms with Crippen molar-refractivity contribution in [1.82, 2.24) is 4.90 Å². The van der Waals surface area contributed by atoms with E-state index in [1.165, 1.54) is 12.0 Å². The van der Waals surface area contributed by atoms with Crippen LogP contribution >= 0.6 is 0 Å². The summed E-state index contributed by atoms with van der Waals surface area (Å²) in [7, 11) is 1.30. The molecule has 2 aromatic rings. The van der Waals surface area contributed by atoms with Crippen molar-refractivity contribution >= 4 is 29.3 Å². The zero-order valence-corrected chi connectivity index (χ0v) is 22.3. The van der Waals surface area contributed by atoms with Crippen molar-refractivity contribution in [3.8, 4) is 0 Å². The number of hydrogen-bond donors (Lipinski definition) is 0. The normalized spacial score (nSPS) is 21.7. The van der Waals surface area contributed by atoms with Crippen LogP contribution in [0.25, 0.3) is 0 Å². The number of para-hydroxylation sites is 2. The maximum absolute atomic E-state index is 14.4. The van der Waals surface area contributed by atoms with E-state index >= 15 is 0 Å². The lowest BCUT2D eigenvalue weighted by molar-refractivity contribution is -0.158. The molecule has 0 bridgehead atoms. The molecule has 1 saturated heterocycles. The Kier molecular flexibility index (Phi) is 7.60. The molecule has 3 aliphatic rings. The van der Waals surface area contributed by atoms with Crippen molar-refractivity contribution in [3.63, 3.8) is 0 Å². The lowest BCUT2D eigenvalue weighted by Gasteiger charge is -2.43. The minimum absolute atomic E-state index is 0.111. The molecule has 1 aliphatic carbocycles. The third-order valence-corrected chi connectivity index (χ3v) is 8.50. The van der Waals surface area contributed by atoms with E-state index in [4.69, 9.17) is 4.74 Å². The van der Waals surface area contributed by atoms with Crippen molar-refractivity contribution in [3.05, 3.63) is 60.2 Å². The molecule has 1 atom stereocenters. The Labute approximate surface area is 227 Å². The number of rotatable bonds is 5. The lowest BCUT2D eigenvalue weighted by Crippen LogP contribution is -2.53. The van der Waals surface area contributed by atoms with Crippen LogP contribution in [0, 0.1) is 5.41 Å². The fourth-order valence-corrected chi connectivity index (χ4v) is 6.39. The first-order valence-corrected chi connectivity index (χ1v) is 13.7. The van der Waals surface area contributed by atoms with Crippen molar-refractivity contribution in [1.29, 1.82) is 0 Å². The van der Waals surface area contributed by atoms with Crippen LogP contribution in [0.15, 0.2) is 54.6 Å². The molecular weight excluding hydrogens is 504 g/mol. The third kappa shape index (κ3) is 5.49. The number of nitrogens with zero attached hydrogens (tertiary/aromatic N) is 3. The van der Waals surface area contributed by atoms with Gasteiger partial charge in [-0.1, -0.05) is 36.4 Å². The van der Waals surface area contributed by atoms with E-state index in [1.54, 1.807) is 34.1 Å². The maximum atomic E-state index is 14.4. The van der Waals surface area contributed by atoms with Gasteiger partial charge in [0, 0.05) is 56.3 Å². The molecule has 2 aromatic carbocycles. The van der Waals surface area contributed by atoms with E-state index in [9.17, 15) is 23.2 Å². The number of anilines is 2. The number of ether oxygens (including phenoxy) is 1. The molecule has 3 amide bonds. The summed E-state index contributed by atoms with van der Waals surface area (Å²) in [6.07, 6.45) is 1.37. The summed E-state index contributed by atoms with van der Waals surface area (Å²) in [6, 6.07) is 15.9. The average Bonchev–Trinajstić information content (AvgIpc) is 3.37. The largest absolute Gasteiger partial charge is 0.469 e. The zero-order chi connectivity index (χ0) is 27.6. The van der Waals surface area contributed by atoms with Crippen molar-refractivity contribution < 1.29 is 27.9 Å². The molecule has 2 aliphatic heterocycles. The van der Waals surface area contributed by atoms with Gasteiger partial charge in [0.05, 0.1) is 12.5 Å². The Morgan fingerprint density at radius 3 is 2.36 bits per heavy atom. The van der Waals surface area contributed by atoms with Crippen LogP contribution in [-0.4, -0.2) is 61.5 Å². The molecule has 39 heavy (non-hydrogen) atoms.